The van der Waals surface area contributed by atoms with E-state index < -0.39 is 17.8 Å². The number of amides is 1. The van der Waals surface area contributed by atoms with Crippen molar-refractivity contribution >= 4 is 27.5 Å². The molecule has 0 saturated carbocycles. The Morgan fingerprint density at radius 2 is 1.91 bits per heavy atom. The molecule has 0 saturated heterocycles. The van der Waals surface area contributed by atoms with Crippen LogP contribution in [0.25, 0.3) is 0 Å². The molecule has 1 N–H and O–H groups in total. The van der Waals surface area contributed by atoms with Crippen LogP contribution in [0.5, 0.6) is 5.75 Å². The molecular weight excluding hydrogens is 361 g/mol. The normalized spacial score (nSPS) is 11.9. The highest BCUT2D eigenvalue weighted by molar-refractivity contribution is 9.10. The van der Waals surface area contributed by atoms with E-state index in [0.717, 1.165) is 16.7 Å². The topological polar surface area (TPSA) is 38.3 Å². The van der Waals surface area contributed by atoms with Gasteiger partial charge in [-0.05, 0) is 68.7 Å². The number of hydrogen-bond donors (Lipinski definition) is 1. The molecule has 0 aliphatic carbocycles. The Morgan fingerprint density at radius 1 is 1.22 bits per heavy atom. The SMILES string of the molecule is Cc1cc(C)c(C)c(O[C@@H](C)C(=O)Nc2ccc(Br)cc2F)c1. The first-order valence-corrected chi connectivity index (χ1v) is 8.07. The predicted octanol–water partition coefficient (Wildman–Crippen LogP) is 4.92. The van der Waals surface area contributed by atoms with Gasteiger partial charge in [-0.15, -0.1) is 0 Å². The van der Waals surface area contributed by atoms with Crippen molar-refractivity contribution in [3.63, 3.8) is 0 Å². The second-order valence-corrected chi connectivity index (χ2v) is 6.49. The van der Waals surface area contributed by atoms with Crippen LogP contribution in [0.2, 0.25) is 0 Å². The Morgan fingerprint density at radius 3 is 2.57 bits per heavy atom. The van der Waals surface area contributed by atoms with Gasteiger partial charge in [0.1, 0.15) is 11.6 Å². The van der Waals surface area contributed by atoms with Gasteiger partial charge in [-0.25, -0.2) is 4.39 Å². The fraction of sp³-hybridized carbons (Fsp3) is 0.278. The largest absolute Gasteiger partial charge is 0.481 e. The number of aryl methyl sites for hydroxylation is 2. The maximum atomic E-state index is 13.8. The van der Waals surface area contributed by atoms with E-state index >= 15 is 0 Å². The van der Waals surface area contributed by atoms with Crippen molar-refractivity contribution in [1.29, 1.82) is 0 Å². The first-order chi connectivity index (χ1) is 10.8. The number of rotatable bonds is 4. The number of benzene rings is 2. The minimum atomic E-state index is -0.738. The molecule has 2 aromatic rings. The van der Waals surface area contributed by atoms with Gasteiger partial charge in [0.05, 0.1) is 5.69 Å². The Balaban J connectivity index is 2.11. The average molecular weight is 380 g/mol. The second-order valence-electron chi connectivity index (χ2n) is 5.58. The lowest BCUT2D eigenvalue weighted by atomic mass is 10.1. The van der Waals surface area contributed by atoms with Crippen LogP contribution in [0.1, 0.15) is 23.6 Å². The smallest absolute Gasteiger partial charge is 0.265 e. The van der Waals surface area contributed by atoms with Crippen LogP contribution in [0, 0.1) is 26.6 Å². The quantitative estimate of drug-likeness (QED) is 0.818. The van der Waals surface area contributed by atoms with E-state index in [1.54, 1.807) is 13.0 Å². The number of ether oxygens (including phenoxy) is 1. The highest BCUT2D eigenvalue weighted by atomic mass is 79.9. The van der Waals surface area contributed by atoms with E-state index in [2.05, 4.69) is 27.3 Å². The molecule has 0 aliphatic rings. The zero-order valence-electron chi connectivity index (χ0n) is 13.5. The van der Waals surface area contributed by atoms with Gasteiger partial charge in [0.15, 0.2) is 6.10 Å². The van der Waals surface area contributed by atoms with Crippen molar-refractivity contribution in [2.24, 2.45) is 0 Å². The molecule has 0 bridgehead atoms. The standard InChI is InChI=1S/C18H19BrFNO2/c1-10-7-11(2)12(3)17(8-10)23-13(4)18(22)21-16-6-5-14(19)9-15(16)20/h5-9,13H,1-4H3,(H,21,22)/t13-/m0/s1. The fourth-order valence-corrected chi connectivity index (χ4v) is 2.53. The summed E-state index contributed by atoms with van der Waals surface area (Å²) in [5, 5.41) is 2.55. The van der Waals surface area contributed by atoms with Gasteiger partial charge < -0.3 is 10.1 Å². The predicted molar refractivity (Wildman–Crippen MR) is 93.5 cm³/mol. The molecule has 0 heterocycles. The molecule has 0 fully saturated rings. The molecule has 5 heteroatoms. The highest BCUT2D eigenvalue weighted by Gasteiger charge is 2.18. The van der Waals surface area contributed by atoms with Crippen LogP contribution in [0.15, 0.2) is 34.8 Å². The van der Waals surface area contributed by atoms with Crippen molar-refractivity contribution in [3.8, 4) is 5.75 Å². The fourth-order valence-electron chi connectivity index (χ4n) is 2.19. The molecule has 122 valence electrons. The molecular formula is C18H19BrFNO2. The number of nitrogens with one attached hydrogen (secondary N) is 1. The first-order valence-electron chi connectivity index (χ1n) is 7.28. The van der Waals surface area contributed by atoms with Gasteiger partial charge in [0, 0.05) is 4.47 Å². The van der Waals surface area contributed by atoms with Crippen LogP contribution in [0.3, 0.4) is 0 Å². The third kappa shape index (κ3) is 4.32. The lowest BCUT2D eigenvalue weighted by molar-refractivity contribution is -0.122. The van der Waals surface area contributed by atoms with Gasteiger partial charge in [0.25, 0.3) is 5.91 Å². The Bertz CT molecular complexity index is 746. The summed E-state index contributed by atoms with van der Waals surface area (Å²) in [6.07, 6.45) is -0.738. The third-order valence-electron chi connectivity index (χ3n) is 3.63. The van der Waals surface area contributed by atoms with Gasteiger partial charge >= 0.3 is 0 Å². The number of carbonyl (C=O) groups excluding carboxylic acids is 1. The highest BCUT2D eigenvalue weighted by Crippen LogP contribution is 2.25. The summed E-state index contributed by atoms with van der Waals surface area (Å²) < 4.78 is 20.2. The molecule has 2 rings (SSSR count). The zero-order valence-corrected chi connectivity index (χ0v) is 15.1. The van der Waals surface area contributed by atoms with Crippen LogP contribution in [-0.4, -0.2) is 12.0 Å². The van der Waals surface area contributed by atoms with E-state index in [1.807, 2.05) is 26.8 Å². The van der Waals surface area contributed by atoms with Crippen molar-refractivity contribution in [1.82, 2.24) is 0 Å². The lowest BCUT2D eigenvalue weighted by Gasteiger charge is -2.18. The Kier molecular flexibility index (Phi) is 5.42. The Hall–Kier alpha value is -1.88. The summed E-state index contributed by atoms with van der Waals surface area (Å²) in [6.45, 7) is 7.56. The summed E-state index contributed by atoms with van der Waals surface area (Å²) in [5.41, 5.74) is 3.29. The van der Waals surface area contributed by atoms with Crippen molar-refractivity contribution < 1.29 is 13.9 Å². The molecule has 23 heavy (non-hydrogen) atoms. The summed E-state index contributed by atoms with van der Waals surface area (Å²) >= 11 is 3.18. The van der Waals surface area contributed by atoms with Crippen molar-refractivity contribution in [3.05, 3.63) is 57.3 Å². The molecule has 3 nitrogen and oxygen atoms in total. The molecule has 2 aromatic carbocycles. The average Bonchev–Trinajstić information content (AvgIpc) is 2.47. The number of anilines is 1. The monoisotopic (exact) mass is 379 g/mol. The summed E-state index contributed by atoms with van der Waals surface area (Å²) in [7, 11) is 0. The minimum absolute atomic E-state index is 0.130. The Labute approximate surface area is 144 Å². The lowest BCUT2D eigenvalue weighted by Crippen LogP contribution is -2.30. The maximum absolute atomic E-state index is 13.8. The third-order valence-corrected chi connectivity index (χ3v) is 4.12. The first kappa shape index (κ1) is 17.5. The minimum Gasteiger partial charge on any atom is -0.481 e. The summed E-state index contributed by atoms with van der Waals surface area (Å²) in [4.78, 5) is 12.2. The van der Waals surface area contributed by atoms with Gasteiger partial charge in [-0.1, -0.05) is 22.0 Å². The number of halogens is 2. The molecule has 0 aliphatic heterocycles. The van der Waals surface area contributed by atoms with Crippen molar-refractivity contribution in [2.75, 3.05) is 5.32 Å². The summed E-state index contributed by atoms with van der Waals surface area (Å²) in [6, 6.07) is 8.43. The van der Waals surface area contributed by atoms with Gasteiger partial charge in [0.2, 0.25) is 0 Å². The van der Waals surface area contributed by atoms with Gasteiger partial charge in [-0.3, -0.25) is 4.79 Å². The maximum Gasteiger partial charge on any atom is 0.265 e. The molecule has 1 atom stereocenters. The van der Waals surface area contributed by atoms with E-state index in [9.17, 15) is 9.18 Å². The van der Waals surface area contributed by atoms with E-state index in [1.165, 1.54) is 12.1 Å². The number of carbonyl (C=O) groups is 1. The zero-order chi connectivity index (χ0) is 17.1. The second kappa shape index (κ2) is 7.13. The van der Waals surface area contributed by atoms with Crippen LogP contribution in [-0.2, 0) is 4.79 Å². The molecule has 0 aromatic heterocycles. The number of hydrogen-bond acceptors (Lipinski definition) is 2. The van der Waals surface area contributed by atoms with Gasteiger partial charge in [-0.2, -0.15) is 0 Å². The van der Waals surface area contributed by atoms with E-state index in [0.29, 0.717) is 10.2 Å². The van der Waals surface area contributed by atoms with Crippen LogP contribution >= 0.6 is 15.9 Å². The molecule has 0 spiro atoms. The molecule has 1 amide bonds. The summed E-state index contributed by atoms with van der Waals surface area (Å²) in [5.74, 6) is -0.228. The van der Waals surface area contributed by atoms with E-state index in [-0.39, 0.29) is 5.69 Å². The molecule has 0 unspecified atom stereocenters. The molecule has 0 radical (unpaired) electrons. The van der Waals surface area contributed by atoms with Crippen LogP contribution in [0.4, 0.5) is 10.1 Å². The van der Waals surface area contributed by atoms with Crippen LogP contribution < -0.4 is 10.1 Å². The van der Waals surface area contributed by atoms with Crippen molar-refractivity contribution in [2.45, 2.75) is 33.8 Å². The van der Waals surface area contributed by atoms with E-state index in [4.69, 9.17) is 4.74 Å².